The molecule has 0 aliphatic rings. The molecule has 139 valence electrons. The van der Waals surface area contributed by atoms with E-state index in [1.54, 1.807) is 0 Å². The Labute approximate surface area is 148 Å². The van der Waals surface area contributed by atoms with Crippen LogP contribution in [-0.2, 0) is 4.79 Å². The normalized spacial score (nSPS) is 11.2. The second kappa shape index (κ2) is 19.9. The summed E-state index contributed by atoms with van der Waals surface area (Å²) in [6.07, 6.45) is 24.7. The van der Waals surface area contributed by atoms with Crippen LogP contribution < -0.4 is 0 Å². The maximum atomic E-state index is 10.2. The molecule has 24 heavy (non-hydrogen) atoms. The number of rotatable bonds is 19. The number of nitrogens with zero attached hydrogens (tertiary/aromatic N) is 1. The quantitative estimate of drug-likeness (QED) is 0.122. The van der Waals surface area contributed by atoms with Crippen LogP contribution in [0, 0.1) is 10.1 Å². The molecule has 0 fully saturated rings. The van der Waals surface area contributed by atoms with Gasteiger partial charge < -0.3 is 0 Å². The van der Waals surface area contributed by atoms with Gasteiger partial charge in [0.2, 0.25) is 6.54 Å². The Bertz CT molecular complexity index is 316. The van der Waals surface area contributed by atoms with Crippen molar-refractivity contribution >= 4 is 6.29 Å². The topological polar surface area (TPSA) is 60.2 Å². The lowest BCUT2D eigenvalue weighted by molar-refractivity contribution is -0.480. The summed E-state index contributed by atoms with van der Waals surface area (Å²) in [5.41, 5.74) is 0. The molecule has 0 spiro atoms. The molecule has 0 heterocycles. The highest BCUT2D eigenvalue weighted by atomic mass is 16.6. The summed E-state index contributed by atoms with van der Waals surface area (Å²) >= 11 is 0. The average Bonchev–Trinajstić information content (AvgIpc) is 2.56. The van der Waals surface area contributed by atoms with Crippen molar-refractivity contribution in [2.24, 2.45) is 0 Å². The zero-order valence-corrected chi connectivity index (χ0v) is 15.3. The monoisotopic (exact) mass is 338 g/mol. The van der Waals surface area contributed by atoms with E-state index in [0.29, 0.717) is 6.42 Å². The molecule has 0 aliphatic carbocycles. The van der Waals surface area contributed by atoms with Crippen LogP contribution in [0.2, 0.25) is 0 Å². The maximum Gasteiger partial charge on any atom is 0.203 e. The van der Waals surface area contributed by atoms with Crippen LogP contribution in [0.15, 0.2) is 12.2 Å². The van der Waals surface area contributed by atoms with Gasteiger partial charge >= 0.3 is 0 Å². The summed E-state index contributed by atoms with van der Waals surface area (Å²) in [5, 5.41) is 10.2. The molecule has 0 amide bonds. The summed E-state index contributed by atoms with van der Waals surface area (Å²) in [5.74, 6) is 0. The molecule has 0 rings (SSSR count). The van der Waals surface area contributed by atoms with Crippen molar-refractivity contribution in [1.82, 2.24) is 0 Å². The molecule has 0 aliphatic heterocycles. The number of carbonyl (C=O) groups excluding carboxylic acids is 1. The van der Waals surface area contributed by atoms with Gasteiger partial charge in [0.05, 0.1) is 0 Å². The Morgan fingerprint density at radius 1 is 0.667 bits per heavy atom. The van der Waals surface area contributed by atoms with Crippen molar-refractivity contribution < 1.29 is 9.72 Å². The summed E-state index contributed by atoms with van der Waals surface area (Å²) < 4.78 is 0. The average molecular weight is 339 g/mol. The molecule has 0 bridgehead atoms. The van der Waals surface area contributed by atoms with Gasteiger partial charge in [-0.25, -0.2) is 0 Å². The van der Waals surface area contributed by atoms with Crippen LogP contribution in [0.25, 0.3) is 0 Å². The van der Waals surface area contributed by atoms with Crippen LogP contribution >= 0.6 is 0 Å². The largest absolute Gasteiger partial charge is 0.291 e. The van der Waals surface area contributed by atoms with Gasteiger partial charge in [-0.15, -0.1) is 0 Å². The maximum absolute atomic E-state index is 10.2. The van der Waals surface area contributed by atoms with Gasteiger partial charge in [0.1, 0.15) is 0 Å². The molecule has 0 aromatic carbocycles. The van der Waals surface area contributed by atoms with Crippen molar-refractivity contribution in [3.63, 3.8) is 0 Å². The number of hydrogen-bond donors (Lipinski definition) is 0. The molecular formula is C20H36NO3. The van der Waals surface area contributed by atoms with Gasteiger partial charge in [-0.2, -0.15) is 0 Å². The summed E-state index contributed by atoms with van der Waals surface area (Å²) in [6.45, 7) is 0.130. The van der Waals surface area contributed by atoms with E-state index < -0.39 is 0 Å². The summed E-state index contributed by atoms with van der Waals surface area (Å²) in [4.78, 5) is 20.0. The highest BCUT2D eigenvalue weighted by Gasteiger charge is 1.96. The van der Waals surface area contributed by atoms with E-state index in [1.165, 1.54) is 64.2 Å². The van der Waals surface area contributed by atoms with Crippen molar-refractivity contribution in [2.75, 3.05) is 6.54 Å². The van der Waals surface area contributed by atoms with E-state index in [2.05, 4.69) is 12.2 Å². The molecule has 0 aromatic rings. The van der Waals surface area contributed by atoms with Crippen LogP contribution in [0.4, 0.5) is 0 Å². The van der Waals surface area contributed by atoms with E-state index in [1.807, 2.05) is 6.29 Å². The molecule has 0 unspecified atom stereocenters. The van der Waals surface area contributed by atoms with Gasteiger partial charge in [0.25, 0.3) is 0 Å². The van der Waals surface area contributed by atoms with Crippen LogP contribution in [0.1, 0.15) is 103 Å². The molecule has 0 saturated heterocycles. The Morgan fingerprint density at radius 2 is 1.08 bits per heavy atom. The lowest BCUT2D eigenvalue weighted by atomic mass is 10.1. The molecule has 1 radical (unpaired) electrons. The third-order valence-electron chi connectivity index (χ3n) is 4.28. The molecule has 0 saturated carbocycles. The predicted octanol–water partition coefficient (Wildman–Crippen LogP) is 6.17. The Morgan fingerprint density at radius 3 is 1.54 bits per heavy atom. The molecule has 0 N–H and O–H groups in total. The first-order valence-corrected chi connectivity index (χ1v) is 9.89. The van der Waals surface area contributed by atoms with Crippen LogP contribution in [-0.4, -0.2) is 17.8 Å². The lowest BCUT2D eigenvalue weighted by Crippen LogP contribution is -1.99. The second-order valence-electron chi connectivity index (χ2n) is 6.60. The minimum absolute atomic E-state index is 0.130. The molecule has 4 nitrogen and oxygen atoms in total. The number of allylic oxidation sites excluding steroid dienone is 2. The van der Waals surface area contributed by atoms with Crippen molar-refractivity contribution in [2.45, 2.75) is 103 Å². The highest BCUT2D eigenvalue weighted by molar-refractivity contribution is 5.50. The molecule has 4 heteroatoms. The minimum Gasteiger partial charge on any atom is -0.291 e. The summed E-state index contributed by atoms with van der Waals surface area (Å²) in [7, 11) is 0. The minimum atomic E-state index is -0.220. The van der Waals surface area contributed by atoms with E-state index >= 15 is 0 Å². The van der Waals surface area contributed by atoms with E-state index in [0.717, 1.165) is 32.1 Å². The predicted molar refractivity (Wildman–Crippen MR) is 101 cm³/mol. The molecule has 0 atom stereocenters. The standard InChI is InChI=1S/C20H36NO3/c22-20-18-16-14-12-10-8-6-4-2-1-3-5-7-9-11-13-15-17-19-21(23)24/h2,4H,1,3,5-19H2/b4-2-. The van der Waals surface area contributed by atoms with Gasteiger partial charge in [-0.05, 0) is 38.5 Å². The number of hydrogen-bond acceptors (Lipinski definition) is 3. The Balaban J connectivity index is 3.08. The summed E-state index contributed by atoms with van der Waals surface area (Å²) in [6, 6.07) is 0. The van der Waals surface area contributed by atoms with Crippen molar-refractivity contribution in [1.29, 1.82) is 0 Å². The van der Waals surface area contributed by atoms with Crippen LogP contribution in [0.5, 0.6) is 0 Å². The Kier molecular flexibility index (Phi) is 18.9. The van der Waals surface area contributed by atoms with E-state index in [9.17, 15) is 14.9 Å². The van der Waals surface area contributed by atoms with Gasteiger partial charge in [-0.3, -0.25) is 14.9 Å². The first-order chi connectivity index (χ1) is 11.8. The zero-order chi connectivity index (χ0) is 17.7. The Hall–Kier alpha value is -1.19. The third-order valence-corrected chi connectivity index (χ3v) is 4.28. The lowest BCUT2D eigenvalue weighted by Gasteiger charge is -2.00. The second-order valence-corrected chi connectivity index (χ2v) is 6.60. The van der Waals surface area contributed by atoms with E-state index in [-0.39, 0.29) is 11.5 Å². The smallest absolute Gasteiger partial charge is 0.203 e. The zero-order valence-electron chi connectivity index (χ0n) is 15.3. The van der Waals surface area contributed by atoms with Gasteiger partial charge in [0.15, 0.2) is 6.29 Å². The fourth-order valence-electron chi connectivity index (χ4n) is 2.79. The molecule has 0 aromatic heterocycles. The van der Waals surface area contributed by atoms with Crippen LogP contribution in [0.3, 0.4) is 0 Å². The van der Waals surface area contributed by atoms with E-state index in [4.69, 9.17) is 0 Å². The molecular weight excluding hydrogens is 302 g/mol. The third kappa shape index (κ3) is 20.8. The highest BCUT2D eigenvalue weighted by Crippen LogP contribution is 2.11. The fourth-order valence-corrected chi connectivity index (χ4v) is 2.79. The first-order valence-electron chi connectivity index (χ1n) is 9.89. The van der Waals surface area contributed by atoms with Gasteiger partial charge in [0, 0.05) is 17.8 Å². The SMILES string of the molecule is O=[C]CCCCCCC/C=C\CCCCCCCCCC[N+](=O)[O-]. The van der Waals surface area contributed by atoms with Gasteiger partial charge in [-0.1, -0.05) is 63.5 Å². The number of unbranched alkanes of at least 4 members (excludes halogenated alkanes) is 14. The fraction of sp³-hybridized carbons (Fsp3) is 0.850. The van der Waals surface area contributed by atoms with Crippen molar-refractivity contribution in [3.8, 4) is 0 Å². The number of nitro groups is 1. The first kappa shape index (κ1) is 22.8. The van der Waals surface area contributed by atoms with Crippen molar-refractivity contribution in [3.05, 3.63) is 22.3 Å².